The summed E-state index contributed by atoms with van der Waals surface area (Å²) in [6.45, 7) is 0. The molecule has 0 aliphatic rings. The van der Waals surface area contributed by atoms with Gasteiger partial charge >= 0.3 is 0 Å². The number of anilines is 1. The summed E-state index contributed by atoms with van der Waals surface area (Å²) in [4.78, 5) is 11.8. The molecule has 0 atom stereocenters. The third kappa shape index (κ3) is 4.87. The smallest absolute Gasteiger partial charge is 0.261 e. The Morgan fingerprint density at radius 1 is 1.00 bits per heavy atom. The molecule has 0 radical (unpaired) electrons. The Morgan fingerprint density at radius 3 is 2.14 bits per heavy atom. The first-order valence-electron chi connectivity index (χ1n) is 6.14. The maximum Gasteiger partial charge on any atom is 0.261 e. The fourth-order valence-electron chi connectivity index (χ4n) is 1.63. The number of halogens is 2. The lowest BCUT2D eigenvalue weighted by Crippen LogP contribution is -2.07. The highest BCUT2D eigenvalue weighted by atomic mass is 35.7. The molecule has 1 amide bonds. The van der Waals surface area contributed by atoms with Gasteiger partial charge in [-0.05, 0) is 48.0 Å². The molecule has 0 aromatic heterocycles. The summed E-state index contributed by atoms with van der Waals surface area (Å²) in [5.41, 5.74) is 1.30. The normalized spacial score (nSPS) is 11.5. The molecule has 4 nitrogen and oxygen atoms in total. The zero-order valence-corrected chi connectivity index (χ0v) is 13.5. The van der Waals surface area contributed by atoms with E-state index in [0.717, 1.165) is 0 Å². The fraction of sp³-hybridized carbons (Fsp3) is 0. The summed E-state index contributed by atoms with van der Waals surface area (Å²) < 4.78 is 22.2. The van der Waals surface area contributed by atoms with Crippen LogP contribution in [0, 0.1) is 0 Å². The Hall–Kier alpha value is -1.82. The highest BCUT2D eigenvalue weighted by molar-refractivity contribution is 8.13. The van der Waals surface area contributed by atoms with Gasteiger partial charge in [0.1, 0.15) is 0 Å². The second-order valence-corrected chi connectivity index (χ2v) is 7.34. The van der Waals surface area contributed by atoms with Crippen molar-refractivity contribution in [3.05, 3.63) is 65.2 Å². The van der Waals surface area contributed by atoms with Crippen molar-refractivity contribution in [2.24, 2.45) is 0 Å². The van der Waals surface area contributed by atoms with Crippen molar-refractivity contribution < 1.29 is 13.2 Å². The molecule has 0 spiro atoms. The van der Waals surface area contributed by atoms with Crippen molar-refractivity contribution in [3.8, 4) is 0 Å². The lowest BCUT2D eigenvalue weighted by Gasteiger charge is -2.01. The van der Waals surface area contributed by atoms with Gasteiger partial charge in [0.05, 0.1) is 4.90 Å². The van der Waals surface area contributed by atoms with E-state index in [1.165, 1.54) is 18.2 Å². The van der Waals surface area contributed by atoms with Crippen LogP contribution in [0.3, 0.4) is 0 Å². The first-order valence-corrected chi connectivity index (χ1v) is 8.83. The van der Waals surface area contributed by atoms with Crippen LogP contribution in [0.5, 0.6) is 0 Å². The predicted molar refractivity (Wildman–Crippen MR) is 88.6 cm³/mol. The molecule has 22 heavy (non-hydrogen) atoms. The van der Waals surface area contributed by atoms with Gasteiger partial charge in [-0.2, -0.15) is 0 Å². The Balaban J connectivity index is 2.02. The number of amides is 1. The summed E-state index contributed by atoms with van der Waals surface area (Å²) >= 11 is 5.76. The average Bonchev–Trinajstić information content (AvgIpc) is 2.47. The van der Waals surface area contributed by atoms with Gasteiger partial charge in [-0.25, -0.2) is 8.42 Å². The SMILES string of the molecule is O=C(/C=C/c1ccc(S(=O)(=O)Cl)cc1)Nc1ccc(Cl)cc1. The molecular formula is C15H11Cl2NO3S. The Labute approximate surface area is 137 Å². The molecular weight excluding hydrogens is 345 g/mol. The van der Waals surface area contributed by atoms with Crippen molar-refractivity contribution in [1.29, 1.82) is 0 Å². The third-order valence-electron chi connectivity index (χ3n) is 2.70. The van der Waals surface area contributed by atoms with Crippen LogP contribution in [-0.2, 0) is 13.8 Å². The number of hydrogen-bond donors (Lipinski definition) is 1. The van der Waals surface area contributed by atoms with Crippen LogP contribution >= 0.6 is 22.3 Å². The Kier molecular flexibility index (Phi) is 5.24. The number of benzene rings is 2. The first-order chi connectivity index (χ1) is 10.3. The van der Waals surface area contributed by atoms with Crippen LogP contribution in [0.4, 0.5) is 5.69 Å². The van der Waals surface area contributed by atoms with E-state index in [9.17, 15) is 13.2 Å². The zero-order chi connectivity index (χ0) is 16.2. The van der Waals surface area contributed by atoms with E-state index in [-0.39, 0.29) is 10.8 Å². The van der Waals surface area contributed by atoms with E-state index in [4.69, 9.17) is 22.3 Å². The fourth-order valence-corrected chi connectivity index (χ4v) is 2.53. The van der Waals surface area contributed by atoms with Gasteiger partial charge in [0.15, 0.2) is 0 Å². The molecule has 2 aromatic rings. The quantitative estimate of drug-likeness (QED) is 0.667. The molecule has 1 N–H and O–H groups in total. The molecule has 0 heterocycles. The Bertz CT molecular complexity index is 798. The van der Waals surface area contributed by atoms with Crippen molar-refractivity contribution in [1.82, 2.24) is 0 Å². The topological polar surface area (TPSA) is 63.2 Å². The van der Waals surface area contributed by atoms with E-state index < -0.39 is 9.05 Å². The Morgan fingerprint density at radius 2 is 1.59 bits per heavy atom. The molecule has 7 heteroatoms. The standard InChI is InChI=1S/C15H11Cl2NO3S/c16-12-4-6-13(7-5-12)18-15(19)10-3-11-1-8-14(9-2-11)22(17,20)21/h1-10H,(H,18,19)/b10-3+. The van der Waals surface area contributed by atoms with Gasteiger partial charge in [0.2, 0.25) is 5.91 Å². The number of carbonyl (C=O) groups excluding carboxylic acids is 1. The summed E-state index contributed by atoms with van der Waals surface area (Å²) in [5, 5.41) is 3.26. The molecule has 114 valence electrons. The number of hydrogen-bond acceptors (Lipinski definition) is 3. The predicted octanol–water partition coefficient (Wildman–Crippen LogP) is 3.92. The van der Waals surface area contributed by atoms with Crippen LogP contribution in [0.25, 0.3) is 6.08 Å². The highest BCUT2D eigenvalue weighted by Crippen LogP contribution is 2.16. The minimum absolute atomic E-state index is 0.0110. The van der Waals surface area contributed by atoms with Crippen molar-refractivity contribution in [2.45, 2.75) is 4.90 Å². The van der Waals surface area contributed by atoms with E-state index in [1.54, 1.807) is 42.5 Å². The van der Waals surface area contributed by atoms with Crippen molar-refractivity contribution in [2.75, 3.05) is 5.32 Å². The third-order valence-corrected chi connectivity index (χ3v) is 4.32. The van der Waals surface area contributed by atoms with E-state index in [1.807, 2.05) is 0 Å². The lowest BCUT2D eigenvalue weighted by atomic mass is 10.2. The van der Waals surface area contributed by atoms with Crippen LogP contribution in [-0.4, -0.2) is 14.3 Å². The van der Waals surface area contributed by atoms with Gasteiger partial charge in [0, 0.05) is 27.5 Å². The van der Waals surface area contributed by atoms with Crippen LogP contribution in [0.15, 0.2) is 59.5 Å². The summed E-state index contributed by atoms with van der Waals surface area (Å²) in [5.74, 6) is -0.309. The summed E-state index contributed by atoms with van der Waals surface area (Å²) in [7, 11) is 1.48. The highest BCUT2D eigenvalue weighted by Gasteiger charge is 2.08. The van der Waals surface area contributed by atoms with Crippen LogP contribution < -0.4 is 5.32 Å². The molecule has 0 fully saturated rings. The molecule has 0 saturated heterocycles. The van der Waals surface area contributed by atoms with E-state index in [2.05, 4.69) is 5.32 Å². The minimum atomic E-state index is -3.74. The average molecular weight is 356 g/mol. The second-order valence-electron chi connectivity index (χ2n) is 4.34. The maximum absolute atomic E-state index is 11.7. The molecule has 0 saturated carbocycles. The van der Waals surface area contributed by atoms with Crippen molar-refractivity contribution >= 4 is 49.0 Å². The summed E-state index contributed by atoms with van der Waals surface area (Å²) in [6, 6.07) is 12.6. The summed E-state index contributed by atoms with van der Waals surface area (Å²) in [6.07, 6.45) is 2.91. The minimum Gasteiger partial charge on any atom is -0.323 e. The monoisotopic (exact) mass is 355 g/mol. The van der Waals surface area contributed by atoms with Crippen molar-refractivity contribution in [3.63, 3.8) is 0 Å². The van der Waals surface area contributed by atoms with E-state index >= 15 is 0 Å². The molecule has 0 bridgehead atoms. The van der Waals surface area contributed by atoms with Gasteiger partial charge in [-0.1, -0.05) is 23.7 Å². The molecule has 0 unspecified atom stereocenters. The molecule has 0 aliphatic carbocycles. The van der Waals surface area contributed by atoms with Gasteiger partial charge < -0.3 is 5.32 Å². The second kappa shape index (κ2) is 6.96. The molecule has 0 aliphatic heterocycles. The number of rotatable bonds is 4. The van der Waals surface area contributed by atoms with Gasteiger partial charge in [0.25, 0.3) is 9.05 Å². The zero-order valence-electron chi connectivity index (χ0n) is 11.2. The largest absolute Gasteiger partial charge is 0.323 e. The van der Waals surface area contributed by atoms with Crippen LogP contribution in [0.1, 0.15) is 5.56 Å². The maximum atomic E-state index is 11.7. The van der Waals surface area contributed by atoms with Gasteiger partial charge in [-0.3, -0.25) is 4.79 Å². The molecule has 2 aromatic carbocycles. The first kappa shape index (κ1) is 16.5. The number of carbonyl (C=O) groups is 1. The van der Waals surface area contributed by atoms with Gasteiger partial charge in [-0.15, -0.1) is 0 Å². The van der Waals surface area contributed by atoms with E-state index in [0.29, 0.717) is 16.3 Å². The lowest BCUT2D eigenvalue weighted by molar-refractivity contribution is -0.111. The number of nitrogens with one attached hydrogen (secondary N) is 1. The molecule has 2 rings (SSSR count). The van der Waals surface area contributed by atoms with Crippen LogP contribution in [0.2, 0.25) is 5.02 Å².